The quantitative estimate of drug-likeness (QED) is 0.588. The molecule has 9 atom stereocenters. The molecule has 29 heavy (non-hydrogen) atoms. The van der Waals surface area contributed by atoms with E-state index in [1.807, 2.05) is 0 Å². The lowest BCUT2D eigenvalue weighted by Crippen LogP contribution is -2.70. The number of ketones is 2. The normalized spacial score (nSPS) is 53.7. The van der Waals surface area contributed by atoms with E-state index in [-0.39, 0.29) is 30.1 Å². The first-order chi connectivity index (χ1) is 13.4. The van der Waals surface area contributed by atoms with Crippen LogP contribution in [0, 0.1) is 28.6 Å². The van der Waals surface area contributed by atoms with Gasteiger partial charge in [0.2, 0.25) is 0 Å². The molecule has 0 aromatic carbocycles. The van der Waals surface area contributed by atoms with E-state index in [4.69, 9.17) is 11.6 Å². The zero-order valence-electron chi connectivity index (χ0n) is 16.9. The van der Waals surface area contributed by atoms with Gasteiger partial charge in [0, 0.05) is 10.8 Å². The number of hydrogen-bond donors (Lipinski definition) is 3. The Kier molecular flexibility index (Phi) is 4.54. The fourth-order valence-corrected chi connectivity index (χ4v) is 7.74. The molecule has 0 radical (unpaired) electrons. The number of rotatable bonds is 2. The van der Waals surface area contributed by atoms with Crippen molar-refractivity contribution in [3.05, 3.63) is 23.8 Å². The Bertz CT molecular complexity index is 841. The van der Waals surface area contributed by atoms with Crippen LogP contribution in [0.5, 0.6) is 0 Å². The molecule has 0 aromatic heterocycles. The molecule has 4 rings (SSSR count). The molecule has 0 unspecified atom stereocenters. The van der Waals surface area contributed by atoms with E-state index < -0.39 is 57.8 Å². The molecule has 0 bridgehead atoms. The second-order valence-corrected chi connectivity index (χ2v) is 10.5. The van der Waals surface area contributed by atoms with Gasteiger partial charge in [-0.3, -0.25) is 9.59 Å². The van der Waals surface area contributed by atoms with Crippen molar-refractivity contribution in [3.8, 4) is 0 Å². The fraction of sp³-hybridized carbons (Fsp3) is 0.727. The summed E-state index contributed by atoms with van der Waals surface area (Å²) in [5.74, 6) is -2.27. The van der Waals surface area contributed by atoms with Gasteiger partial charge >= 0.3 is 0 Å². The van der Waals surface area contributed by atoms with Crippen molar-refractivity contribution < 1.29 is 29.3 Å². The second kappa shape index (κ2) is 6.22. The molecule has 0 saturated heterocycles. The van der Waals surface area contributed by atoms with Crippen LogP contribution in [0.3, 0.4) is 0 Å². The Balaban J connectivity index is 1.87. The van der Waals surface area contributed by atoms with Gasteiger partial charge in [-0.25, -0.2) is 4.39 Å². The minimum atomic E-state index is -1.81. The van der Waals surface area contributed by atoms with Crippen molar-refractivity contribution in [1.82, 2.24) is 0 Å². The van der Waals surface area contributed by atoms with Gasteiger partial charge in [0.1, 0.15) is 18.4 Å². The zero-order chi connectivity index (χ0) is 21.6. The summed E-state index contributed by atoms with van der Waals surface area (Å²) in [4.78, 5) is 23.2. The molecule has 5 nitrogen and oxygen atoms in total. The smallest absolute Gasteiger partial charge is 0.190 e. The molecule has 0 aromatic rings. The number of hydrogen-bond acceptors (Lipinski definition) is 5. The summed E-state index contributed by atoms with van der Waals surface area (Å²) in [6.07, 6.45) is 2.21. The Labute approximate surface area is 174 Å². The third-order valence-corrected chi connectivity index (χ3v) is 9.70. The maximum atomic E-state index is 15.3. The first kappa shape index (κ1) is 21.2. The standard InChI is InChI=1S/C22H28ClFO5/c1-11-6-13-14-8-16(24)15-7-12(26)4-5-19(15,2)21(14,23)17(27)9-20(13,3)22(11,29)18(28)10-25/h4-5,7,11,13-14,16-17,25,27,29H,6,8-10H2,1-3H3/t11-,13+,14+,16+,17+,19+,20+,21+,22+/m1/s1. The van der Waals surface area contributed by atoms with Gasteiger partial charge in [-0.2, -0.15) is 0 Å². The number of aliphatic hydroxyl groups excluding tert-OH is 2. The number of alkyl halides is 2. The van der Waals surface area contributed by atoms with Gasteiger partial charge in [0.05, 0.1) is 11.0 Å². The van der Waals surface area contributed by atoms with Gasteiger partial charge in [0.25, 0.3) is 0 Å². The van der Waals surface area contributed by atoms with Crippen LogP contribution in [0.2, 0.25) is 0 Å². The summed E-state index contributed by atoms with van der Waals surface area (Å²) in [6, 6.07) is 0. The minimum absolute atomic E-state index is 0.0134. The molecule has 7 heteroatoms. The van der Waals surface area contributed by atoms with E-state index in [0.29, 0.717) is 6.42 Å². The van der Waals surface area contributed by atoms with E-state index in [0.717, 1.165) is 0 Å². The summed E-state index contributed by atoms with van der Waals surface area (Å²) >= 11 is 7.20. The molecule has 0 amide bonds. The summed E-state index contributed by atoms with van der Waals surface area (Å²) in [6.45, 7) is 4.46. The third-order valence-electron chi connectivity index (χ3n) is 8.78. The number of carbonyl (C=O) groups is 2. The van der Waals surface area contributed by atoms with E-state index in [2.05, 4.69) is 0 Å². The fourth-order valence-electron chi connectivity index (χ4n) is 7.25. The Morgan fingerprint density at radius 1 is 1.31 bits per heavy atom. The number of carbonyl (C=O) groups excluding carboxylic acids is 2. The molecular formula is C22H28ClFO5. The van der Waals surface area contributed by atoms with E-state index in [1.54, 1.807) is 26.8 Å². The minimum Gasteiger partial charge on any atom is -0.391 e. The van der Waals surface area contributed by atoms with Crippen LogP contribution >= 0.6 is 11.6 Å². The number of fused-ring (bicyclic) bond motifs is 5. The predicted molar refractivity (Wildman–Crippen MR) is 105 cm³/mol. The van der Waals surface area contributed by atoms with Crippen molar-refractivity contribution in [3.63, 3.8) is 0 Å². The summed E-state index contributed by atoms with van der Waals surface area (Å²) in [5, 5.41) is 32.3. The maximum absolute atomic E-state index is 15.3. The molecule has 0 spiro atoms. The molecule has 160 valence electrons. The van der Waals surface area contributed by atoms with Gasteiger partial charge < -0.3 is 15.3 Å². The van der Waals surface area contributed by atoms with E-state index >= 15 is 4.39 Å². The highest BCUT2D eigenvalue weighted by Crippen LogP contribution is 2.71. The third kappa shape index (κ3) is 2.26. The summed E-state index contributed by atoms with van der Waals surface area (Å²) in [5.41, 5.74) is -3.63. The lowest BCUT2D eigenvalue weighted by molar-refractivity contribution is -0.181. The molecule has 3 fully saturated rings. The molecule has 3 N–H and O–H groups in total. The van der Waals surface area contributed by atoms with Crippen molar-refractivity contribution in [2.45, 2.75) is 62.8 Å². The molecule has 4 aliphatic carbocycles. The maximum Gasteiger partial charge on any atom is 0.190 e. The topological polar surface area (TPSA) is 94.8 Å². The van der Waals surface area contributed by atoms with Gasteiger partial charge in [-0.1, -0.05) is 26.8 Å². The highest BCUT2D eigenvalue weighted by Gasteiger charge is 2.75. The van der Waals surface area contributed by atoms with Crippen LogP contribution in [0.15, 0.2) is 23.8 Å². The van der Waals surface area contributed by atoms with Crippen LogP contribution < -0.4 is 0 Å². The molecular weight excluding hydrogens is 399 g/mol. The number of allylic oxidation sites excluding steroid dienone is 4. The Morgan fingerprint density at radius 2 is 1.97 bits per heavy atom. The molecule has 3 saturated carbocycles. The SMILES string of the molecule is C[C@@H]1C[C@H]2[C@@H]3C[C@H](F)C4=CC(=O)C=C[C@]4(C)[C@@]3(Cl)[C@@H](O)C[C@]2(C)[C@@]1(O)C(=O)CO. The van der Waals surface area contributed by atoms with Crippen molar-refractivity contribution in [2.75, 3.05) is 6.61 Å². The van der Waals surface area contributed by atoms with E-state index in [1.165, 1.54) is 12.2 Å². The van der Waals surface area contributed by atoms with Crippen LogP contribution in [0.4, 0.5) is 4.39 Å². The first-order valence-electron chi connectivity index (χ1n) is 10.2. The predicted octanol–water partition coefficient (Wildman–Crippen LogP) is 2.11. The first-order valence-corrected chi connectivity index (χ1v) is 10.6. The molecule has 4 aliphatic rings. The second-order valence-electron chi connectivity index (χ2n) is 9.84. The van der Waals surface area contributed by atoms with Gasteiger partial charge in [0.15, 0.2) is 11.6 Å². The Morgan fingerprint density at radius 3 is 2.59 bits per heavy atom. The zero-order valence-corrected chi connectivity index (χ0v) is 17.6. The highest BCUT2D eigenvalue weighted by molar-refractivity contribution is 6.26. The van der Waals surface area contributed by atoms with Crippen molar-refractivity contribution >= 4 is 23.2 Å². The highest BCUT2D eigenvalue weighted by atomic mass is 35.5. The lowest BCUT2D eigenvalue weighted by atomic mass is 9.45. The van der Waals surface area contributed by atoms with Gasteiger partial charge in [-0.15, -0.1) is 11.6 Å². The summed E-state index contributed by atoms with van der Waals surface area (Å²) < 4.78 is 15.3. The largest absolute Gasteiger partial charge is 0.391 e. The van der Waals surface area contributed by atoms with Crippen LogP contribution in [0.1, 0.15) is 40.0 Å². The summed E-state index contributed by atoms with van der Waals surface area (Å²) in [7, 11) is 0. The molecule has 0 heterocycles. The monoisotopic (exact) mass is 426 g/mol. The average Bonchev–Trinajstić information content (AvgIpc) is 2.86. The van der Waals surface area contributed by atoms with Crippen LogP contribution in [-0.2, 0) is 9.59 Å². The number of aliphatic hydroxyl groups is 3. The lowest BCUT2D eigenvalue weighted by Gasteiger charge is -2.64. The number of Topliss-reactive ketones (excluding diaryl/α,β-unsaturated/α-hetero) is 1. The van der Waals surface area contributed by atoms with Gasteiger partial charge in [-0.05, 0) is 54.7 Å². The molecule has 0 aliphatic heterocycles. The number of halogens is 2. The van der Waals surface area contributed by atoms with E-state index in [9.17, 15) is 24.9 Å². The van der Waals surface area contributed by atoms with Crippen LogP contribution in [-0.4, -0.2) is 56.2 Å². The average molecular weight is 427 g/mol. The van der Waals surface area contributed by atoms with Crippen molar-refractivity contribution in [2.24, 2.45) is 28.6 Å². The van der Waals surface area contributed by atoms with Crippen molar-refractivity contribution in [1.29, 1.82) is 0 Å². The van der Waals surface area contributed by atoms with Crippen LogP contribution in [0.25, 0.3) is 0 Å². The Hall–Kier alpha value is -1.08.